The van der Waals surface area contributed by atoms with Crippen LogP contribution >= 0.6 is 11.8 Å². The summed E-state index contributed by atoms with van der Waals surface area (Å²) in [5.74, 6) is 0.641. The van der Waals surface area contributed by atoms with Crippen LogP contribution in [0.4, 0.5) is 5.69 Å². The fourth-order valence-electron chi connectivity index (χ4n) is 2.46. The molecule has 0 spiro atoms. The average molecular weight is 248 g/mol. The van der Waals surface area contributed by atoms with Gasteiger partial charge in [0.1, 0.15) is 0 Å². The molecule has 1 aromatic carbocycles. The number of likely N-dealkylation sites (N-methyl/N-ethyl adjacent to an activating group) is 1. The van der Waals surface area contributed by atoms with Gasteiger partial charge in [-0.05, 0) is 37.6 Å². The third-order valence-electron chi connectivity index (χ3n) is 3.60. The largest absolute Gasteiger partial charge is 0.324 e. The van der Waals surface area contributed by atoms with E-state index in [4.69, 9.17) is 0 Å². The minimum atomic E-state index is 0.103. The maximum absolute atomic E-state index is 11.3. The summed E-state index contributed by atoms with van der Waals surface area (Å²) in [6.45, 7) is 1.04. The van der Waals surface area contributed by atoms with Gasteiger partial charge in [0, 0.05) is 16.9 Å². The molecule has 1 aliphatic carbocycles. The van der Waals surface area contributed by atoms with Crippen molar-refractivity contribution in [1.82, 2.24) is 5.32 Å². The molecule has 17 heavy (non-hydrogen) atoms. The Morgan fingerprint density at radius 1 is 1.47 bits per heavy atom. The van der Waals surface area contributed by atoms with Crippen LogP contribution in [0.15, 0.2) is 23.1 Å². The lowest BCUT2D eigenvalue weighted by Gasteiger charge is -2.20. The van der Waals surface area contributed by atoms with Crippen molar-refractivity contribution in [3.8, 4) is 0 Å². The highest BCUT2D eigenvalue weighted by Gasteiger charge is 2.43. The molecule has 0 bridgehead atoms. The van der Waals surface area contributed by atoms with Gasteiger partial charge in [-0.25, -0.2) is 0 Å². The molecule has 1 saturated carbocycles. The Morgan fingerprint density at radius 3 is 3.00 bits per heavy atom. The van der Waals surface area contributed by atoms with Gasteiger partial charge in [0.05, 0.1) is 11.4 Å². The number of fused-ring (bicyclic) bond motifs is 1. The second-order valence-electron chi connectivity index (χ2n) is 4.86. The normalized spacial score (nSPS) is 20.6. The molecule has 3 nitrogen and oxygen atoms in total. The van der Waals surface area contributed by atoms with E-state index in [-0.39, 0.29) is 5.91 Å². The first-order valence-corrected chi connectivity index (χ1v) is 6.94. The zero-order chi connectivity index (χ0) is 11.9. The van der Waals surface area contributed by atoms with E-state index in [9.17, 15) is 4.79 Å². The molecule has 0 unspecified atom stereocenters. The number of hydrogen-bond donors (Lipinski definition) is 2. The van der Waals surface area contributed by atoms with E-state index in [1.165, 1.54) is 23.3 Å². The monoisotopic (exact) mass is 248 g/mol. The zero-order valence-corrected chi connectivity index (χ0v) is 10.7. The van der Waals surface area contributed by atoms with E-state index in [1.807, 2.05) is 13.1 Å². The first-order valence-electron chi connectivity index (χ1n) is 5.95. The van der Waals surface area contributed by atoms with Crippen LogP contribution < -0.4 is 10.6 Å². The lowest BCUT2D eigenvalue weighted by molar-refractivity contribution is -0.113. The highest BCUT2D eigenvalue weighted by molar-refractivity contribution is 8.00. The molecule has 90 valence electrons. The molecule has 1 aliphatic heterocycles. The Balaban J connectivity index is 1.91. The second-order valence-corrected chi connectivity index (χ2v) is 5.88. The highest BCUT2D eigenvalue weighted by atomic mass is 32.2. The SMILES string of the molecule is CNCC1(c2ccc3c(c2)SCC(=O)N3)CC1. The molecular formula is C13H16N2OS. The van der Waals surface area contributed by atoms with Crippen molar-refractivity contribution >= 4 is 23.4 Å². The summed E-state index contributed by atoms with van der Waals surface area (Å²) < 4.78 is 0. The van der Waals surface area contributed by atoms with Crippen LogP contribution in [0.3, 0.4) is 0 Å². The van der Waals surface area contributed by atoms with Crippen LogP contribution in [-0.4, -0.2) is 25.3 Å². The lowest BCUT2D eigenvalue weighted by Crippen LogP contribution is -2.24. The Kier molecular flexibility index (Phi) is 2.64. The predicted molar refractivity (Wildman–Crippen MR) is 70.6 cm³/mol. The number of hydrogen-bond acceptors (Lipinski definition) is 3. The maximum atomic E-state index is 11.3. The third kappa shape index (κ3) is 1.96. The smallest absolute Gasteiger partial charge is 0.234 e. The quantitative estimate of drug-likeness (QED) is 0.859. The molecule has 1 aromatic rings. The minimum Gasteiger partial charge on any atom is -0.324 e. The van der Waals surface area contributed by atoms with E-state index >= 15 is 0 Å². The van der Waals surface area contributed by atoms with Crippen molar-refractivity contribution in [3.63, 3.8) is 0 Å². The summed E-state index contributed by atoms with van der Waals surface area (Å²) in [7, 11) is 2.01. The number of amides is 1. The average Bonchev–Trinajstić information content (AvgIpc) is 3.10. The maximum Gasteiger partial charge on any atom is 0.234 e. The van der Waals surface area contributed by atoms with Crippen molar-refractivity contribution in [2.75, 3.05) is 24.7 Å². The van der Waals surface area contributed by atoms with Gasteiger partial charge in [-0.1, -0.05) is 6.07 Å². The number of rotatable bonds is 3. The molecular weight excluding hydrogens is 232 g/mol. The summed E-state index contributed by atoms with van der Waals surface area (Å²) >= 11 is 1.64. The summed E-state index contributed by atoms with van der Waals surface area (Å²) in [4.78, 5) is 12.5. The van der Waals surface area contributed by atoms with Gasteiger partial charge in [-0.2, -0.15) is 0 Å². The van der Waals surface area contributed by atoms with Crippen molar-refractivity contribution in [1.29, 1.82) is 0 Å². The lowest BCUT2D eigenvalue weighted by atomic mass is 9.95. The standard InChI is InChI=1S/C13H16N2OS/c1-14-8-13(4-5-13)9-2-3-10-11(6-9)17-7-12(16)15-10/h2-3,6,14H,4-5,7-8H2,1H3,(H,15,16). The van der Waals surface area contributed by atoms with Crippen LogP contribution in [0, 0.1) is 0 Å². The van der Waals surface area contributed by atoms with Crippen LogP contribution in [0.2, 0.25) is 0 Å². The first kappa shape index (κ1) is 11.1. The summed E-state index contributed by atoms with van der Waals surface area (Å²) in [6, 6.07) is 6.46. The highest BCUT2D eigenvalue weighted by Crippen LogP contribution is 2.49. The third-order valence-corrected chi connectivity index (χ3v) is 4.65. The van der Waals surface area contributed by atoms with E-state index in [1.54, 1.807) is 11.8 Å². The van der Waals surface area contributed by atoms with Gasteiger partial charge < -0.3 is 10.6 Å². The Hall–Kier alpha value is -1.00. The van der Waals surface area contributed by atoms with Gasteiger partial charge in [0.2, 0.25) is 5.91 Å². The van der Waals surface area contributed by atoms with Gasteiger partial charge in [-0.15, -0.1) is 11.8 Å². The number of benzene rings is 1. The van der Waals surface area contributed by atoms with Gasteiger partial charge in [-0.3, -0.25) is 4.79 Å². The van der Waals surface area contributed by atoms with E-state index < -0.39 is 0 Å². The van der Waals surface area contributed by atoms with Crippen molar-refractivity contribution < 1.29 is 4.79 Å². The fraction of sp³-hybridized carbons (Fsp3) is 0.462. The topological polar surface area (TPSA) is 41.1 Å². The van der Waals surface area contributed by atoms with Crippen molar-refractivity contribution in [2.45, 2.75) is 23.2 Å². The molecule has 0 saturated heterocycles. The molecule has 3 rings (SSSR count). The number of nitrogens with one attached hydrogen (secondary N) is 2. The molecule has 0 aromatic heterocycles. The number of carbonyl (C=O) groups excluding carboxylic acids is 1. The van der Waals surface area contributed by atoms with Crippen LogP contribution in [0.1, 0.15) is 18.4 Å². The predicted octanol–water partition coefficient (Wildman–Crippen LogP) is 1.98. The van der Waals surface area contributed by atoms with E-state index in [0.717, 1.165) is 12.2 Å². The molecule has 1 fully saturated rings. The van der Waals surface area contributed by atoms with Crippen LogP contribution in [-0.2, 0) is 10.2 Å². The Bertz CT molecular complexity index is 468. The Labute approximate surface area is 105 Å². The molecule has 1 amide bonds. The molecule has 4 heteroatoms. The van der Waals surface area contributed by atoms with Crippen LogP contribution in [0.25, 0.3) is 0 Å². The molecule has 2 N–H and O–H groups in total. The number of carbonyl (C=O) groups is 1. The van der Waals surface area contributed by atoms with E-state index in [0.29, 0.717) is 11.2 Å². The fourth-order valence-corrected chi connectivity index (χ4v) is 3.30. The van der Waals surface area contributed by atoms with E-state index in [2.05, 4.69) is 22.8 Å². The number of thioether (sulfide) groups is 1. The Morgan fingerprint density at radius 2 is 2.29 bits per heavy atom. The summed E-state index contributed by atoms with van der Waals surface area (Å²) in [5.41, 5.74) is 2.73. The van der Waals surface area contributed by atoms with Crippen molar-refractivity contribution in [3.05, 3.63) is 23.8 Å². The molecule has 2 aliphatic rings. The van der Waals surface area contributed by atoms with Gasteiger partial charge in [0.15, 0.2) is 0 Å². The summed E-state index contributed by atoms with van der Waals surface area (Å²) in [6.07, 6.45) is 2.54. The molecule has 0 atom stereocenters. The van der Waals surface area contributed by atoms with Gasteiger partial charge >= 0.3 is 0 Å². The minimum absolute atomic E-state index is 0.103. The molecule has 1 heterocycles. The van der Waals surface area contributed by atoms with Gasteiger partial charge in [0.25, 0.3) is 0 Å². The first-order chi connectivity index (χ1) is 8.23. The van der Waals surface area contributed by atoms with Crippen molar-refractivity contribution in [2.24, 2.45) is 0 Å². The van der Waals surface area contributed by atoms with Crippen LogP contribution in [0.5, 0.6) is 0 Å². The summed E-state index contributed by atoms with van der Waals surface area (Å²) in [5, 5.41) is 6.20. The number of anilines is 1. The molecule has 0 radical (unpaired) electrons. The second kappa shape index (κ2) is 4.03. The zero-order valence-electron chi connectivity index (χ0n) is 9.88.